The van der Waals surface area contributed by atoms with Gasteiger partial charge in [-0.3, -0.25) is 0 Å². The minimum absolute atomic E-state index is 1.04. The van der Waals surface area contributed by atoms with Crippen molar-refractivity contribution in [3.8, 4) is 0 Å². The third-order valence-corrected chi connectivity index (χ3v) is 4.28. The summed E-state index contributed by atoms with van der Waals surface area (Å²) in [5, 5.41) is 3.36. The van der Waals surface area contributed by atoms with Crippen molar-refractivity contribution in [3.05, 3.63) is 21.4 Å². The molecule has 2 rings (SSSR count). The number of halogens is 1. The lowest BCUT2D eigenvalue weighted by Crippen LogP contribution is -1.87. The second kappa shape index (κ2) is 3.93. The zero-order chi connectivity index (χ0) is 8.39. The zero-order valence-electron chi connectivity index (χ0n) is 7.11. The highest BCUT2D eigenvalue weighted by Gasteiger charge is 2.12. The summed E-state index contributed by atoms with van der Waals surface area (Å²) in [4.78, 5) is 1.65. The number of thiophene rings is 1. The van der Waals surface area contributed by atoms with E-state index in [4.69, 9.17) is 0 Å². The van der Waals surface area contributed by atoms with E-state index in [0.29, 0.717) is 0 Å². The maximum Gasteiger partial charge on any atom is 0.0294 e. The molecule has 0 nitrogen and oxygen atoms in total. The Morgan fingerprint density at radius 1 is 1.25 bits per heavy atom. The van der Waals surface area contributed by atoms with E-state index < -0.39 is 0 Å². The van der Waals surface area contributed by atoms with E-state index in [2.05, 4.69) is 21.3 Å². The second-order valence-electron chi connectivity index (χ2n) is 3.36. The number of aryl methyl sites for hydroxylation is 1. The van der Waals surface area contributed by atoms with E-state index in [9.17, 15) is 0 Å². The first kappa shape index (κ1) is 8.76. The van der Waals surface area contributed by atoms with E-state index in [1.807, 2.05) is 11.3 Å². The van der Waals surface area contributed by atoms with Crippen LogP contribution in [0.1, 0.15) is 35.3 Å². The number of fused-ring (bicyclic) bond motifs is 1. The van der Waals surface area contributed by atoms with E-state index in [1.54, 1.807) is 10.4 Å². The van der Waals surface area contributed by atoms with Gasteiger partial charge in [0.2, 0.25) is 0 Å². The average molecular weight is 245 g/mol. The van der Waals surface area contributed by atoms with Crippen LogP contribution in [0.4, 0.5) is 0 Å². The Hall–Kier alpha value is 0.180. The van der Waals surface area contributed by atoms with Gasteiger partial charge in [-0.1, -0.05) is 22.4 Å². The van der Waals surface area contributed by atoms with Crippen LogP contribution in [-0.4, -0.2) is 0 Å². The highest BCUT2D eigenvalue weighted by atomic mass is 79.9. The van der Waals surface area contributed by atoms with E-state index in [0.717, 1.165) is 5.33 Å². The van der Waals surface area contributed by atoms with Crippen LogP contribution in [0.15, 0.2) is 5.38 Å². The number of hydrogen-bond acceptors (Lipinski definition) is 1. The molecule has 0 aromatic carbocycles. The van der Waals surface area contributed by atoms with Gasteiger partial charge in [0, 0.05) is 10.2 Å². The molecule has 1 aromatic rings. The third kappa shape index (κ3) is 1.60. The first-order valence-corrected chi connectivity index (χ1v) is 6.56. The Morgan fingerprint density at radius 2 is 2.08 bits per heavy atom. The molecule has 0 saturated heterocycles. The fraction of sp³-hybridized carbons (Fsp3) is 0.600. The van der Waals surface area contributed by atoms with Crippen LogP contribution in [0.2, 0.25) is 0 Å². The normalized spacial score (nSPS) is 17.1. The van der Waals surface area contributed by atoms with Crippen LogP contribution in [-0.2, 0) is 18.2 Å². The summed E-state index contributed by atoms with van der Waals surface area (Å²) in [5.74, 6) is 0. The molecule has 1 aromatic heterocycles. The Labute approximate surface area is 86.1 Å². The lowest BCUT2D eigenvalue weighted by Gasteiger charge is -1.99. The van der Waals surface area contributed by atoms with E-state index in [1.165, 1.54) is 37.7 Å². The van der Waals surface area contributed by atoms with Crippen molar-refractivity contribution in [1.82, 2.24) is 0 Å². The standard InChI is InChI=1S/C10H13BrS/c11-6-8-7-12-10-5-3-1-2-4-9(8)10/h7H,1-6H2. The molecule has 1 heterocycles. The van der Waals surface area contributed by atoms with Crippen molar-refractivity contribution in [3.63, 3.8) is 0 Å². The van der Waals surface area contributed by atoms with Gasteiger partial charge in [-0.25, -0.2) is 0 Å². The molecule has 0 unspecified atom stereocenters. The lowest BCUT2D eigenvalue weighted by atomic mass is 10.1. The molecule has 2 heteroatoms. The second-order valence-corrected chi connectivity index (χ2v) is 4.88. The predicted octanol–water partition coefficient (Wildman–Crippen LogP) is 3.91. The third-order valence-electron chi connectivity index (χ3n) is 2.54. The van der Waals surface area contributed by atoms with Gasteiger partial charge >= 0.3 is 0 Å². The minimum atomic E-state index is 1.04. The van der Waals surface area contributed by atoms with Crippen LogP contribution in [0, 0.1) is 0 Å². The van der Waals surface area contributed by atoms with Crippen molar-refractivity contribution < 1.29 is 0 Å². The molecule has 1 aliphatic rings. The molecule has 66 valence electrons. The van der Waals surface area contributed by atoms with Gasteiger partial charge in [-0.15, -0.1) is 11.3 Å². The molecule has 0 spiro atoms. The molecule has 0 atom stereocenters. The van der Waals surface area contributed by atoms with Gasteiger partial charge in [0.05, 0.1) is 0 Å². The SMILES string of the molecule is BrCc1csc2c1CCCCC2. The van der Waals surface area contributed by atoms with Crippen LogP contribution in [0.3, 0.4) is 0 Å². The molecular formula is C10H13BrS. The average Bonchev–Trinajstić information content (AvgIpc) is 2.33. The highest BCUT2D eigenvalue weighted by Crippen LogP contribution is 2.30. The summed E-state index contributed by atoms with van der Waals surface area (Å²) in [5.41, 5.74) is 3.20. The Morgan fingerprint density at radius 3 is 2.92 bits per heavy atom. The van der Waals surface area contributed by atoms with Gasteiger partial charge in [-0.2, -0.15) is 0 Å². The van der Waals surface area contributed by atoms with E-state index in [-0.39, 0.29) is 0 Å². The molecule has 0 aliphatic heterocycles. The first-order chi connectivity index (χ1) is 5.92. The Kier molecular flexibility index (Phi) is 2.87. The number of hydrogen-bond donors (Lipinski definition) is 0. The predicted molar refractivity (Wildman–Crippen MR) is 58.2 cm³/mol. The van der Waals surface area contributed by atoms with Gasteiger partial charge in [0.1, 0.15) is 0 Å². The Balaban J connectivity index is 2.32. The zero-order valence-corrected chi connectivity index (χ0v) is 9.51. The van der Waals surface area contributed by atoms with Crippen LogP contribution < -0.4 is 0 Å². The van der Waals surface area contributed by atoms with Crippen molar-refractivity contribution >= 4 is 27.3 Å². The quantitative estimate of drug-likeness (QED) is 0.519. The van der Waals surface area contributed by atoms with Gasteiger partial charge < -0.3 is 0 Å². The van der Waals surface area contributed by atoms with Crippen molar-refractivity contribution in [2.75, 3.05) is 0 Å². The summed E-state index contributed by atoms with van der Waals surface area (Å²) < 4.78 is 0. The maximum atomic E-state index is 3.55. The molecule has 12 heavy (non-hydrogen) atoms. The summed E-state index contributed by atoms with van der Waals surface area (Å²) in [7, 11) is 0. The summed E-state index contributed by atoms with van der Waals surface area (Å²) >= 11 is 5.51. The fourth-order valence-electron chi connectivity index (χ4n) is 1.85. The first-order valence-electron chi connectivity index (χ1n) is 4.56. The largest absolute Gasteiger partial charge is 0.148 e. The molecule has 1 aliphatic carbocycles. The summed E-state index contributed by atoms with van der Waals surface area (Å²) in [6.45, 7) is 0. The monoisotopic (exact) mass is 244 g/mol. The maximum absolute atomic E-state index is 3.55. The van der Waals surface area contributed by atoms with Crippen LogP contribution in [0.25, 0.3) is 0 Å². The lowest BCUT2D eigenvalue weighted by molar-refractivity contribution is 0.712. The summed E-state index contributed by atoms with van der Waals surface area (Å²) in [6, 6.07) is 0. The molecule has 0 saturated carbocycles. The molecule has 0 radical (unpaired) electrons. The Bertz CT molecular complexity index is 265. The molecule has 0 fully saturated rings. The van der Waals surface area contributed by atoms with Gasteiger partial charge in [0.15, 0.2) is 0 Å². The smallest absolute Gasteiger partial charge is 0.0294 e. The van der Waals surface area contributed by atoms with Crippen molar-refractivity contribution in [2.45, 2.75) is 37.4 Å². The molecule has 0 N–H and O–H groups in total. The topological polar surface area (TPSA) is 0 Å². The van der Waals surface area contributed by atoms with Crippen molar-refractivity contribution in [2.24, 2.45) is 0 Å². The molecule has 0 bridgehead atoms. The van der Waals surface area contributed by atoms with Crippen molar-refractivity contribution in [1.29, 1.82) is 0 Å². The van der Waals surface area contributed by atoms with E-state index >= 15 is 0 Å². The summed E-state index contributed by atoms with van der Waals surface area (Å²) in [6.07, 6.45) is 6.86. The van der Waals surface area contributed by atoms with Gasteiger partial charge in [-0.05, 0) is 42.2 Å². The highest BCUT2D eigenvalue weighted by molar-refractivity contribution is 9.08. The minimum Gasteiger partial charge on any atom is -0.148 e. The number of alkyl halides is 1. The number of rotatable bonds is 1. The molecular weight excluding hydrogens is 232 g/mol. The fourth-order valence-corrected chi connectivity index (χ4v) is 3.71. The van der Waals surface area contributed by atoms with Crippen LogP contribution >= 0.6 is 27.3 Å². The molecule has 0 amide bonds. The van der Waals surface area contributed by atoms with Crippen LogP contribution in [0.5, 0.6) is 0 Å². The van der Waals surface area contributed by atoms with Gasteiger partial charge in [0.25, 0.3) is 0 Å².